The standard InChI is InChI=1S/C26H24OS/c1-3-24-19-23(10-9-21-7-5-4-6-8-21)12-16-25(24)15-11-22-13-17-26(18-14-22)28-20(2)27/h4-8,12-14,16-19H,3,9-10H2,1-2H3. The fourth-order valence-electron chi connectivity index (χ4n) is 3.06. The lowest BCUT2D eigenvalue weighted by molar-refractivity contribution is -0.109. The number of thioether (sulfide) groups is 1. The SMILES string of the molecule is CCc1cc(CCc2ccccc2)ccc1C#Cc1ccc(SC(C)=O)cc1. The van der Waals surface area contributed by atoms with E-state index in [0.29, 0.717) is 0 Å². The number of hydrogen-bond donors (Lipinski definition) is 0. The monoisotopic (exact) mass is 384 g/mol. The molecule has 0 atom stereocenters. The smallest absolute Gasteiger partial charge is 0.190 e. The third-order valence-electron chi connectivity index (χ3n) is 4.55. The molecule has 3 rings (SSSR count). The molecule has 0 aliphatic carbocycles. The van der Waals surface area contributed by atoms with Crippen LogP contribution in [-0.4, -0.2) is 5.12 Å². The van der Waals surface area contributed by atoms with Gasteiger partial charge in [0.2, 0.25) is 0 Å². The third kappa shape index (κ3) is 5.87. The molecule has 0 saturated heterocycles. The molecule has 0 aromatic heterocycles. The van der Waals surface area contributed by atoms with Crippen molar-refractivity contribution in [3.63, 3.8) is 0 Å². The first-order valence-electron chi connectivity index (χ1n) is 9.60. The maximum atomic E-state index is 11.2. The number of aryl methyl sites for hydroxylation is 3. The zero-order chi connectivity index (χ0) is 19.8. The van der Waals surface area contributed by atoms with Crippen molar-refractivity contribution in [1.29, 1.82) is 0 Å². The van der Waals surface area contributed by atoms with Gasteiger partial charge in [-0.2, -0.15) is 0 Å². The highest BCUT2D eigenvalue weighted by molar-refractivity contribution is 8.13. The van der Waals surface area contributed by atoms with Crippen LogP contribution in [0.4, 0.5) is 0 Å². The molecule has 0 unspecified atom stereocenters. The Hall–Kier alpha value is -2.76. The summed E-state index contributed by atoms with van der Waals surface area (Å²) in [5.74, 6) is 6.57. The predicted octanol–water partition coefficient (Wildman–Crippen LogP) is 6.07. The molecular formula is C26H24OS. The summed E-state index contributed by atoms with van der Waals surface area (Å²) >= 11 is 1.25. The summed E-state index contributed by atoms with van der Waals surface area (Å²) < 4.78 is 0. The van der Waals surface area contributed by atoms with Gasteiger partial charge in [0.25, 0.3) is 0 Å². The van der Waals surface area contributed by atoms with Crippen molar-refractivity contribution in [2.75, 3.05) is 0 Å². The second-order valence-electron chi connectivity index (χ2n) is 6.70. The summed E-state index contributed by atoms with van der Waals surface area (Å²) in [6.07, 6.45) is 3.07. The molecule has 28 heavy (non-hydrogen) atoms. The normalized spacial score (nSPS) is 10.2. The third-order valence-corrected chi connectivity index (χ3v) is 5.35. The lowest BCUT2D eigenvalue weighted by atomic mass is 9.98. The average molecular weight is 385 g/mol. The van der Waals surface area contributed by atoms with Gasteiger partial charge in [0, 0.05) is 22.9 Å². The van der Waals surface area contributed by atoms with Crippen LogP contribution in [0, 0.1) is 11.8 Å². The topological polar surface area (TPSA) is 17.1 Å². The van der Waals surface area contributed by atoms with Crippen molar-refractivity contribution in [3.8, 4) is 11.8 Å². The lowest BCUT2D eigenvalue weighted by Gasteiger charge is -2.07. The van der Waals surface area contributed by atoms with E-state index >= 15 is 0 Å². The maximum Gasteiger partial charge on any atom is 0.190 e. The predicted molar refractivity (Wildman–Crippen MR) is 119 cm³/mol. The Morgan fingerprint density at radius 3 is 2.25 bits per heavy atom. The van der Waals surface area contributed by atoms with Crippen LogP contribution >= 0.6 is 11.8 Å². The van der Waals surface area contributed by atoms with Gasteiger partial charge in [0.05, 0.1) is 0 Å². The van der Waals surface area contributed by atoms with Crippen LogP contribution in [0.2, 0.25) is 0 Å². The molecule has 0 N–H and O–H groups in total. The number of rotatable bonds is 5. The van der Waals surface area contributed by atoms with Gasteiger partial charge in [-0.15, -0.1) is 0 Å². The number of carbonyl (C=O) groups is 1. The molecule has 0 aliphatic heterocycles. The molecule has 0 amide bonds. The van der Waals surface area contributed by atoms with E-state index < -0.39 is 0 Å². The minimum Gasteiger partial charge on any atom is -0.287 e. The Morgan fingerprint density at radius 2 is 1.57 bits per heavy atom. The first kappa shape index (κ1) is 20.0. The molecule has 2 heteroatoms. The first-order chi connectivity index (χ1) is 13.6. The van der Waals surface area contributed by atoms with Gasteiger partial charge in [0.15, 0.2) is 5.12 Å². The Bertz CT molecular complexity index is 992. The number of hydrogen-bond acceptors (Lipinski definition) is 2. The molecule has 1 nitrogen and oxygen atoms in total. The van der Waals surface area contributed by atoms with Crippen LogP contribution in [0.5, 0.6) is 0 Å². The van der Waals surface area contributed by atoms with Gasteiger partial charge in [-0.3, -0.25) is 4.79 Å². The zero-order valence-corrected chi connectivity index (χ0v) is 17.2. The Labute approximate surface area is 172 Å². The van der Waals surface area contributed by atoms with Crippen LogP contribution in [0.1, 0.15) is 41.7 Å². The van der Waals surface area contributed by atoms with Crippen molar-refractivity contribution in [2.24, 2.45) is 0 Å². The van der Waals surface area contributed by atoms with Crippen molar-refractivity contribution < 1.29 is 4.79 Å². The fraction of sp³-hybridized carbons (Fsp3) is 0.192. The summed E-state index contributed by atoms with van der Waals surface area (Å²) in [7, 11) is 0. The quantitative estimate of drug-likeness (QED) is 0.392. The van der Waals surface area contributed by atoms with E-state index in [4.69, 9.17) is 0 Å². The van der Waals surface area contributed by atoms with Gasteiger partial charge < -0.3 is 0 Å². The Balaban J connectivity index is 1.70. The summed E-state index contributed by atoms with van der Waals surface area (Å²) in [6.45, 7) is 3.75. The van der Waals surface area contributed by atoms with Crippen molar-refractivity contribution in [3.05, 3.63) is 101 Å². The minimum absolute atomic E-state index is 0.0961. The van der Waals surface area contributed by atoms with E-state index in [1.165, 1.54) is 28.5 Å². The van der Waals surface area contributed by atoms with Crippen LogP contribution in [0.25, 0.3) is 0 Å². The van der Waals surface area contributed by atoms with Crippen molar-refractivity contribution in [2.45, 2.75) is 38.0 Å². The van der Waals surface area contributed by atoms with Gasteiger partial charge in [-0.25, -0.2) is 0 Å². The molecule has 0 radical (unpaired) electrons. The Morgan fingerprint density at radius 1 is 0.857 bits per heavy atom. The minimum atomic E-state index is 0.0961. The molecule has 140 valence electrons. The fourth-order valence-corrected chi connectivity index (χ4v) is 3.67. The van der Waals surface area contributed by atoms with Gasteiger partial charge >= 0.3 is 0 Å². The van der Waals surface area contributed by atoms with Gasteiger partial charge in [-0.1, -0.05) is 73.0 Å². The van der Waals surface area contributed by atoms with E-state index in [-0.39, 0.29) is 5.12 Å². The van der Waals surface area contributed by atoms with Gasteiger partial charge in [0.1, 0.15) is 0 Å². The highest BCUT2D eigenvalue weighted by Gasteiger charge is 2.02. The highest BCUT2D eigenvalue weighted by Crippen LogP contribution is 2.19. The van der Waals surface area contributed by atoms with Gasteiger partial charge in [-0.05, 0) is 66.3 Å². The van der Waals surface area contributed by atoms with E-state index in [9.17, 15) is 4.79 Å². The molecule has 0 spiro atoms. The summed E-state index contributed by atoms with van der Waals surface area (Å²) in [6, 6.07) is 25.1. The Kier molecular flexibility index (Phi) is 7.12. The molecular weight excluding hydrogens is 360 g/mol. The van der Waals surface area contributed by atoms with E-state index in [0.717, 1.165) is 35.3 Å². The second-order valence-corrected chi connectivity index (χ2v) is 7.95. The average Bonchev–Trinajstić information content (AvgIpc) is 2.72. The molecule has 0 aliphatic rings. The second kappa shape index (κ2) is 9.97. The van der Waals surface area contributed by atoms with Crippen molar-refractivity contribution in [1.82, 2.24) is 0 Å². The molecule has 0 heterocycles. The number of benzene rings is 3. The first-order valence-corrected chi connectivity index (χ1v) is 10.4. The molecule has 0 bridgehead atoms. The van der Waals surface area contributed by atoms with Crippen LogP contribution < -0.4 is 0 Å². The maximum absolute atomic E-state index is 11.2. The van der Waals surface area contributed by atoms with Crippen molar-refractivity contribution >= 4 is 16.9 Å². The summed E-state index contributed by atoms with van der Waals surface area (Å²) in [5, 5.41) is 0.0961. The largest absolute Gasteiger partial charge is 0.287 e. The summed E-state index contributed by atoms with van der Waals surface area (Å²) in [4.78, 5) is 12.1. The van der Waals surface area contributed by atoms with Crippen LogP contribution in [0.3, 0.4) is 0 Å². The highest BCUT2D eigenvalue weighted by atomic mass is 32.2. The van der Waals surface area contributed by atoms with Crippen LogP contribution in [0.15, 0.2) is 77.7 Å². The molecule has 0 saturated carbocycles. The summed E-state index contributed by atoms with van der Waals surface area (Å²) in [5.41, 5.74) is 6.07. The van der Waals surface area contributed by atoms with E-state index in [1.54, 1.807) is 6.92 Å². The lowest BCUT2D eigenvalue weighted by Crippen LogP contribution is -1.95. The molecule has 0 fully saturated rings. The zero-order valence-electron chi connectivity index (χ0n) is 16.4. The van der Waals surface area contributed by atoms with E-state index in [1.807, 2.05) is 24.3 Å². The van der Waals surface area contributed by atoms with Crippen LogP contribution in [-0.2, 0) is 24.1 Å². The molecule has 3 aromatic carbocycles. The number of carbonyl (C=O) groups excluding carboxylic acids is 1. The molecule has 3 aromatic rings. The van der Waals surface area contributed by atoms with E-state index in [2.05, 4.69) is 67.3 Å².